The minimum atomic E-state index is -0.502. The molecule has 6 heteroatoms. The number of carbonyl (C=O) groups excluding carboxylic acids is 1. The number of benzene rings is 1. The number of pyridine rings is 1. The maximum atomic E-state index is 11.5. The van der Waals surface area contributed by atoms with E-state index in [9.17, 15) is 4.79 Å². The highest BCUT2D eigenvalue weighted by Gasteiger charge is 2.14. The number of ether oxygens (including phenoxy) is 1. The first kappa shape index (κ1) is 12.9. The first-order valence-corrected chi connectivity index (χ1v) is 5.68. The van der Waals surface area contributed by atoms with Crippen molar-refractivity contribution in [3.05, 3.63) is 46.5 Å². The number of hydrogen-bond donors (Lipinski definition) is 0. The topological polar surface area (TPSA) is 88.0 Å². The third-order valence-corrected chi connectivity index (χ3v) is 2.93. The van der Waals surface area contributed by atoms with Crippen LogP contribution in [0.3, 0.4) is 0 Å². The molecule has 1 heterocycles. The first-order chi connectivity index (χ1) is 9.15. The SMILES string of the molecule is COc1cnc2ccc(C(C)C(=O)N=[N+]=[N-])cc2c1. The summed E-state index contributed by atoms with van der Waals surface area (Å²) in [6, 6.07) is 7.32. The summed E-state index contributed by atoms with van der Waals surface area (Å²) in [5.74, 6) is -0.331. The zero-order chi connectivity index (χ0) is 13.8. The molecule has 1 amide bonds. The second-order valence-electron chi connectivity index (χ2n) is 4.08. The Morgan fingerprint density at radius 2 is 2.26 bits per heavy atom. The standard InChI is InChI=1S/C13H12N4O2/c1-8(13(18)16-17-14)9-3-4-12-10(5-9)6-11(19-2)7-15-12/h3-8H,1-2H3. The van der Waals surface area contributed by atoms with Crippen LogP contribution in [-0.2, 0) is 4.79 Å². The maximum Gasteiger partial charge on any atom is 0.226 e. The van der Waals surface area contributed by atoms with E-state index in [4.69, 9.17) is 10.3 Å². The van der Waals surface area contributed by atoms with Crippen molar-refractivity contribution in [3.63, 3.8) is 0 Å². The predicted octanol–water partition coefficient (Wildman–Crippen LogP) is 3.18. The lowest BCUT2D eigenvalue weighted by molar-refractivity contribution is -0.119. The molecule has 19 heavy (non-hydrogen) atoms. The number of rotatable bonds is 3. The number of methoxy groups -OCH3 is 1. The molecule has 6 nitrogen and oxygen atoms in total. The Balaban J connectivity index is 2.45. The third kappa shape index (κ3) is 2.64. The third-order valence-electron chi connectivity index (χ3n) is 2.93. The summed E-state index contributed by atoms with van der Waals surface area (Å²) in [6.07, 6.45) is 1.64. The van der Waals surface area contributed by atoms with E-state index < -0.39 is 11.8 Å². The van der Waals surface area contributed by atoms with E-state index in [1.807, 2.05) is 18.2 Å². The van der Waals surface area contributed by atoms with Crippen LogP contribution in [0.4, 0.5) is 0 Å². The van der Waals surface area contributed by atoms with Gasteiger partial charge >= 0.3 is 0 Å². The number of hydrogen-bond acceptors (Lipinski definition) is 3. The zero-order valence-corrected chi connectivity index (χ0v) is 10.6. The van der Waals surface area contributed by atoms with E-state index >= 15 is 0 Å². The highest BCUT2D eigenvalue weighted by atomic mass is 16.5. The van der Waals surface area contributed by atoms with E-state index in [1.54, 1.807) is 26.3 Å². The lowest BCUT2D eigenvalue weighted by Crippen LogP contribution is -2.05. The van der Waals surface area contributed by atoms with Gasteiger partial charge in [0.05, 0.1) is 18.8 Å². The number of fused-ring (bicyclic) bond motifs is 1. The van der Waals surface area contributed by atoms with Crippen molar-refractivity contribution < 1.29 is 9.53 Å². The molecular formula is C13H12N4O2. The zero-order valence-electron chi connectivity index (χ0n) is 10.6. The van der Waals surface area contributed by atoms with Gasteiger partial charge in [-0.3, -0.25) is 9.78 Å². The van der Waals surface area contributed by atoms with Gasteiger partial charge in [-0.1, -0.05) is 13.0 Å². The molecule has 0 aliphatic rings. The van der Waals surface area contributed by atoms with Crippen molar-refractivity contribution in [1.29, 1.82) is 0 Å². The van der Waals surface area contributed by atoms with Gasteiger partial charge in [-0.15, -0.1) is 0 Å². The second kappa shape index (κ2) is 5.37. The van der Waals surface area contributed by atoms with E-state index in [2.05, 4.69) is 15.0 Å². The molecule has 96 valence electrons. The molecule has 0 aliphatic carbocycles. The Morgan fingerprint density at radius 3 is 2.95 bits per heavy atom. The Hall–Kier alpha value is -2.59. The van der Waals surface area contributed by atoms with Crippen molar-refractivity contribution >= 4 is 16.8 Å². The summed E-state index contributed by atoms with van der Waals surface area (Å²) in [4.78, 5) is 18.3. The van der Waals surface area contributed by atoms with Gasteiger partial charge < -0.3 is 4.74 Å². The van der Waals surface area contributed by atoms with Crippen molar-refractivity contribution in [3.8, 4) is 5.75 Å². The number of amides is 1. The fourth-order valence-electron chi connectivity index (χ4n) is 1.78. The summed E-state index contributed by atoms with van der Waals surface area (Å²) < 4.78 is 5.11. The highest BCUT2D eigenvalue weighted by molar-refractivity contribution is 5.87. The molecular weight excluding hydrogens is 244 g/mol. The summed E-state index contributed by atoms with van der Waals surface area (Å²) in [5.41, 5.74) is 9.87. The Labute approximate surface area is 109 Å². The molecule has 2 rings (SSSR count). The molecule has 0 bridgehead atoms. The minimum absolute atomic E-state index is 0.480. The van der Waals surface area contributed by atoms with Gasteiger partial charge in [0.1, 0.15) is 5.75 Å². The summed E-state index contributed by atoms with van der Waals surface area (Å²) in [6.45, 7) is 1.70. The van der Waals surface area contributed by atoms with Crippen LogP contribution in [0.15, 0.2) is 35.6 Å². The van der Waals surface area contributed by atoms with Gasteiger partial charge in [0, 0.05) is 16.2 Å². The summed E-state index contributed by atoms with van der Waals surface area (Å²) in [7, 11) is 1.57. The van der Waals surface area contributed by atoms with E-state index in [0.29, 0.717) is 5.75 Å². The van der Waals surface area contributed by atoms with Crippen molar-refractivity contribution in [1.82, 2.24) is 4.98 Å². The van der Waals surface area contributed by atoms with Gasteiger partial charge in [0.15, 0.2) is 0 Å². The molecule has 1 aromatic heterocycles. The lowest BCUT2D eigenvalue weighted by Gasteiger charge is -2.09. The van der Waals surface area contributed by atoms with Gasteiger partial charge in [-0.25, -0.2) is 0 Å². The predicted molar refractivity (Wildman–Crippen MR) is 70.9 cm³/mol. The van der Waals surface area contributed by atoms with Crippen LogP contribution in [0.1, 0.15) is 18.4 Å². The van der Waals surface area contributed by atoms with Gasteiger partial charge in [-0.2, -0.15) is 0 Å². The molecule has 0 N–H and O–H groups in total. The molecule has 2 aromatic rings. The average Bonchev–Trinajstić information content (AvgIpc) is 2.45. The van der Waals surface area contributed by atoms with E-state index in [1.165, 1.54) is 0 Å². The lowest BCUT2D eigenvalue weighted by atomic mass is 9.99. The molecule has 0 radical (unpaired) electrons. The second-order valence-corrected chi connectivity index (χ2v) is 4.08. The number of azide groups is 1. The monoisotopic (exact) mass is 256 g/mol. The summed E-state index contributed by atoms with van der Waals surface area (Å²) in [5, 5.41) is 3.99. The van der Waals surface area contributed by atoms with Crippen molar-refractivity contribution in [2.75, 3.05) is 7.11 Å². The highest BCUT2D eigenvalue weighted by Crippen LogP contribution is 2.24. The maximum absolute atomic E-state index is 11.5. The largest absolute Gasteiger partial charge is 0.495 e. The molecule has 1 aromatic carbocycles. The molecule has 1 unspecified atom stereocenters. The summed E-state index contributed by atoms with van der Waals surface area (Å²) >= 11 is 0. The van der Waals surface area contributed by atoms with Crippen LogP contribution in [0.25, 0.3) is 21.3 Å². The van der Waals surface area contributed by atoms with Crippen molar-refractivity contribution in [2.45, 2.75) is 12.8 Å². The number of aromatic nitrogens is 1. The Bertz CT molecular complexity index is 677. The van der Waals surface area contributed by atoms with E-state index in [0.717, 1.165) is 16.5 Å². The number of nitrogens with zero attached hydrogens (tertiary/aromatic N) is 4. The van der Waals surface area contributed by atoms with Gasteiger partial charge in [0.2, 0.25) is 5.91 Å². The van der Waals surface area contributed by atoms with Crippen LogP contribution in [0, 0.1) is 0 Å². The van der Waals surface area contributed by atoms with Crippen LogP contribution in [0.5, 0.6) is 5.75 Å². The fraction of sp³-hybridized carbons (Fsp3) is 0.231. The van der Waals surface area contributed by atoms with Crippen LogP contribution >= 0.6 is 0 Å². The van der Waals surface area contributed by atoms with Crippen molar-refractivity contribution in [2.24, 2.45) is 5.11 Å². The minimum Gasteiger partial charge on any atom is -0.495 e. The normalized spacial score (nSPS) is 11.7. The van der Waals surface area contributed by atoms with Gasteiger partial charge in [-0.05, 0) is 34.4 Å². The molecule has 1 atom stereocenters. The first-order valence-electron chi connectivity index (χ1n) is 5.68. The molecule has 0 saturated carbocycles. The molecule has 0 spiro atoms. The smallest absolute Gasteiger partial charge is 0.226 e. The van der Waals surface area contributed by atoms with Crippen LogP contribution < -0.4 is 4.74 Å². The fourth-order valence-corrected chi connectivity index (χ4v) is 1.78. The van der Waals surface area contributed by atoms with Crippen LogP contribution in [-0.4, -0.2) is 18.0 Å². The van der Waals surface area contributed by atoms with Gasteiger partial charge in [0.25, 0.3) is 0 Å². The molecule has 0 fully saturated rings. The Morgan fingerprint density at radius 1 is 1.47 bits per heavy atom. The molecule has 0 aliphatic heterocycles. The Kier molecular flexibility index (Phi) is 3.63. The average molecular weight is 256 g/mol. The molecule has 0 saturated heterocycles. The number of carbonyl (C=O) groups is 1. The van der Waals surface area contributed by atoms with E-state index in [-0.39, 0.29) is 0 Å². The van der Waals surface area contributed by atoms with Crippen LogP contribution in [0.2, 0.25) is 0 Å². The quantitative estimate of drug-likeness (QED) is 0.480.